The van der Waals surface area contributed by atoms with Crippen LogP contribution in [0, 0.1) is 11.8 Å². The van der Waals surface area contributed by atoms with Crippen LogP contribution in [0.15, 0.2) is 30.3 Å². The third-order valence-corrected chi connectivity index (χ3v) is 4.95. The largest absolute Gasteiger partial charge is 0.369 e. The number of likely N-dealkylation sites (N-methyl/N-ethyl adjacent to an activating group) is 1. The fourth-order valence-electron chi connectivity index (χ4n) is 3.09. The van der Waals surface area contributed by atoms with Gasteiger partial charge in [-0.2, -0.15) is 0 Å². The standard InChI is InChI=1S/C21H21N5O3/c1-26-10-9-21(29,20(26)28)8-7-13-3-2-4-14(11-13)19-24-16(18(22)27)12-17(25-19)23-15-5-6-15/h2-4,11-12,15,29H,5-6,9-10H2,1H3,(H2,22,27)(H,23,24,25). The monoisotopic (exact) mass is 391 g/mol. The van der Waals surface area contributed by atoms with Crippen LogP contribution in [0.5, 0.6) is 0 Å². The Morgan fingerprint density at radius 3 is 2.79 bits per heavy atom. The molecule has 8 nitrogen and oxygen atoms in total. The van der Waals surface area contributed by atoms with E-state index >= 15 is 0 Å². The highest BCUT2D eigenvalue weighted by molar-refractivity contribution is 5.92. The van der Waals surface area contributed by atoms with Crippen molar-refractivity contribution in [3.05, 3.63) is 41.6 Å². The normalized spacial score (nSPS) is 20.9. The van der Waals surface area contributed by atoms with Gasteiger partial charge in [-0.05, 0) is 25.0 Å². The predicted molar refractivity (Wildman–Crippen MR) is 107 cm³/mol. The Kier molecular flexibility index (Phi) is 4.68. The second-order valence-electron chi connectivity index (χ2n) is 7.41. The van der Waals surface area contributed by atoms with E-state index in [1.807, 2.05) is 0 Å². The van der Waals surface area contributed by atoms with Crippen LogP contribution in [0.25, 0.3) is 11.4 Å². The molecule has 0 radical (unpaired) electrons. The van der Waals surface area contributed by atoms with E-state index in [9.17, 15) is 14.7 Å². The van der Waals surface area contributed by atoms with E-state index < -0.39 is 17.4 Å². The van der Waals surface area contributed by atoms with Crippen molar-refractivity contribution < 1.29 is 14.7 Å². The van der Waals surface area contributed by atoms with Gasteiger partial charge >= 0.3 is 0 Å². The predicted octanol–water partition coefficient (Wildman–Crippen LogP) is 0.761. The molecule has 1 saturated carbocycles. The highest BCUT2D eigenvalue weighted by Crippen LogP contribution is 2.26. The third-order valence-electron chi connectivity index (χ3n) is 4.95. The second-order valence-corrected chi connectivity index (χ2v) is 7.41. The number of nitrogens with two attached hydrogens (primary N) is 1. The molecule has 8 heteroatoms. The van der Waals surface area contributed by atoms with Crippen molar-refractivity contribution in [1.82, 2.24) is 14.9 Å². The number of nitrogens with zero attached hydrogens (tertiary/aromatic N) is 3. The summed E-state index contributed by atoms with van der Waals surface area (Å²) in [4.78, 5) is 34.0. The minimum atomic E-state index is -1.66. The number of amides is 2. The lowest BCUT2D eigenvalue weighted by atomic mass is 10.0. The lowest BCUT2D eigenvalue weighted by Crippen LogP contribution is -2.37. The Balaban J connectivity index is 1.65. The molecular formula is C21H21N5O3. The van der Waals surface area contributed by atoms with Crippen molar-refractivity contribution in [2.45, 2.75) is 30.9 Å². The number of benzene rings is 1. The van der Waals surface area contributed by atoms with Crippen LogP contribution < -0.4 is 11.1 Å². The molecule has 29 heavy (non-hydrogen) atoms. The number of hydrogen-bond acceptors (Lipinski definition) is 6. The molecule has 1 aliphatic carbocycles. The summed E-state index contributed by atoms with van der Waals surface area (Å²) in [5.41, 5.74) is 5.14. The van der Waals surface area contributed by atoms with E-state index in [0.717, 1.165) is 12.8 Å². The molecule has 2 fully saturated rings. The van der Waals surface area contributed by atoms with Crippen molar-refractivity contribution in [3.63, 3.8) is 0 Å². The molecule has 1 aliphatic heterocycles. The van der Waals surface area contributed by atoms with Gasteiger partial charge in [0.25, 0.3) is 11.8 Å². The fraction of sp³-hybridized carbons (Fsp3) is 0.333. The molecule has 4 N–H and O–H groups in total. The molecule has 1 unspecified atom stereocenters. The topological polar surface area (TPSA) is 121 Å². The molecule has 1 aromatic carbocycles. The average molecular weight is 391 g/mol. The molecular weight excluding hydrogens is 370 g/mol. The zero-order valence-electron chi connectivity index (χ0n) is 16.0. The van der Waals surface area contributed by atoms with Crippen LogP contribution in [0.3, 0.4) is 0 Å². The maximum Gasteiger partial charge on any atom is 0.267 e. The minimum absolute atomic E-state index is 0.128. The zero-order chi connectivity index (χ0) is 20.6. The summed E-state index contributed by atoms with van der Waals surface area (Å²) in [6.07, 6.45) is 2.40. The van der Waals surface area contributed by atoms with Gasteiger partial charge in [-0.3, -0.25) is 9.59 Å². The van der Waals surface area contributed by atoms with Crippen LogP contribution >= 0.6 is 0 Å². The maximum atomic E-state index is 12.1. The number of hydrogen-bond donors (Lipinski definition) is 3. The quantitative estimate of drug-likeness (QED) is 0.662. The number of carbonyl (C=O) groups is 2. The SMILES string of the molecule is CN1CCC(O)(C#Cc2cccc(-c3nc(NC4CC4)cc(C(N)=O)n3)c2)C1=O. The van der Waals surface area contributed by atoms with Crippen LogP contribution in [0.1, 0.15) is 35.3 Å². The summed E-state index contributed by atoms with van der Waals surface area (Å²) in [5.74, 6) is 5.45. The first-order chi connectivity index (χ1) is 13.8. The number of primary amides is 1. The van der Waals surface area contributed by atoms with Crippen LogP contribution in [-0.4, -0.2) is 57.0 Å². The van der Waals surface area contributed by atoms with Crippen LogP contribution in [0.2, 0.25) is 0 Å². The number of nitrogens with one attached hydrogen (secondary N) is 1. The summed E-state index contributed by atoms with van der Waals surface area (Å²) in [6.45, 7) is 0.467. The van der Waals surface area contributed by atoms with Gasteiger partial charge in [0.15, 0.2) is 5.82 Å². The number of likely N-dealkylation sites (tertiary alicyclic amines) is 1. The van der Waals surface area contributed by atoms with Gasteiger partial charge in [-0.1, -0.05) is 24.0 Å². The smallest absolute Gasteiger partial charge is 0.267 e. The Morgan fingerprint density at radius 2 is 2.14 bits per heavy atom. The third kappa shape index (κ3) is 4.05. The van der Waals surface area contributed by atoms with Crippen molar-refractivity contribution in [2.75, 3.05) is 18.9 Å². The number of carbonyl (C=O) groups excluding carboxylic acids is 2. The summed E-state index contributed by atoms with van der Waals surface area (Å²) in [7, 11) is 1.64. The molecule has 148 valence electrons. The van der Waals surface area contributed by atoms with Gasteiger partial charge in [0.05, 0.1) is 0 Å². The van der Waals surface area contributed by atoms with Gasteiger partial charge in [-0.15, -0.1) is 0 Å². The summed E-state index contributed by atoms with van der Waals surface area (Å²) >= 11 is 0. The van der Waals surface area contributed by atoms with E-state index in [1.165, 1.54) is 4.90 Å². The van der Waals surface area contributed by atoms with Gasteiger partial charge in [-0.25, -0.2) is 9.97 Å². The molecule has 1 aromatic heterocycles. The summed E-state index contributed by atoms with van der Waals surface area (Å²) in [5, 5.41) is 13.7. The van der Waals surface area contributed by atoms with Crippen LogP contribution in [0.4, 0.5) is 5.82 Å². The molecule has 2 heterocycles. The Hall–Kier alpha value is -3.44. The van der Waals surface area contributed by atoms with Gasteiger partial charge in [0, 0.05) is 43.2 Å². The molecule has 2 aliphatic rings. The first-order valence-corrected chi connectivity index (χ1v) is 9.41. The average Bonchev–Trinajstić information content (AvgIpc) is 3.49. The van der Waals surface area contributed by atoms with E-state index in [-0.39, 0.29) is 12.1 Å². The molecule has 2 amide bonds. The number of aliphatic hydroxyl groups is 1. The van der Waals surface area contributed by atoms with Crippen molar-refractivity contribution in [2.24, 2.45) is 5.73 Å². The first kappa shape index (κ1) is 18.9. The Bertz CT molecular complexity index is 1050. The number of rotatable bonds is 4. The van der Waals surface area contributed by atoms with Gasteiger partial charge in [0.2, 0.25) is 5.60 Å². The first-order valence-electron chi connectivity index (χ1n) is 9.41. The number of aromatic nitrogens is 2. The zero-order valence-corrected chi connectivity index (χ0v) is 16.0. The van der Waals surface area contributed by atoms with Crippen molar-refractivity contribution in [3.8, 4) is 23.2 Å². The molecule has 0 bridgehead atoms. The molecule has 0 spiro atoms. The molecule has 1 saturated heterocycles. The summed E-state index contributed by atoms with van der Waals surface area (Å²) in [6, 6.07) is 9.00. The Labute approximate surface area is 168 Å². The fourth-order valence-corrected chi connectivity index (χ4v) is 3.09. The lowest BCUT2D eigenvalue weighted by molar-refractivity contribution is -0.137. The van der Waals surface area contributed by atoms with E-state index in [1.54, 1.807) is 37.4 Å². The Morgan fingerprint density at radius 1 is 1.34 bits per heavy atom. The molecule has 4 rings (SSSR count). The van der Waals surface area contributed by atoms with E-state index in [2.05, 4.69) is 27.1 Å². The van der Waals surface area contributed by atoms with Crippen LogP contribution in [-0.2, 0) is 4.79 Å². The molecule has 1 atom stereocenters. The highest BCUT2D eigenvalue weighted by Gasteiger charge is 2.42. The number of anilines is 1. The second kappa shape index (κ2) is 7.18. The molecule has 2 aromatic rings. The highest BCUT2D eigenvalue weighted by atomic mass is 16.3. The van der Waals surface area contributed by atoms with Gasteiger partial charge in [0.1, 0.15) is 11.5 Å². The van der Waals surface area contributed by atoms with Crippen molar-refractivity contribution >= 4 is 17.6 Å². The van der Waals surface area contributed by atoms with Crippen molar-refractivity contribution in [1.29, 1.82) is 0 Å². The van der Waals surface area contributed by atoms with E-state index in [0.29, 0.717) is 35.4 Å². The maximum absolute atomic E-state index is 12.1. The van der Waals surface area contributed by atoms with Gasteiger partial charge < -0.3 is 21.1 Å². The lowest BCUT2D eigenvalue weighted by Gasteiger charge is -2.13. The summed E-state index contributed by atoms with van der Waals surface area (Å²) < 4.78 is 0. The van der Waals surface area contributed by atoms with E-state index in [4.69, 9.17) is 5.73 Å². The minimum Gasteiger partial charge on any atom is -0.369 e.